The van der Waals surface area contributed by atoms with Gasteiger partial charge in [0.05, 0.1) is 12.3 Å². The lowest BCUT2D eigenvalue weighted by atomic mass is 10.4. The summed E-state index contributed by atoms with van der Waals surface area (Å²) in [4.78, 5) is 0. The van der Waals surface area contributed by atoms with Crippen molar-refractivity contribution >= 4 is 7.37 Å². The van der Waals surface area contributed by atoms with Gasteiger partial charge in [-0.05, 0) is 13.8 Å². The van der Waals surface area contributed by atoms with Crippen LogP contribution in [0.25, 0.3) is 0 Å². The molecule has 0 fully saturated rings. The topological polar surface area (TPSA) is 26.3 Å². The van der Waals surface area contributed by atoms with Crippen molar-refractivity contribution in [3.63, 3.8) is 0 Å². The Morgan fingerprint density at radius 1 is 1.80 bits per heavy atom. The van der Waals surface area contributed by atoms with Crippen LogP contribution in [-0.4, -0.2) is 18.4 Å². The molecule has 58 valence electrons. The van der Waals surface area contributed by atoms with E-state index in [0.717, 1.165) is 0 Å². The molecule has 1 heterocycles. The van der Waals surface area contributed by atoms with Crippen molar-refractivity contribution in [3.05, 3.63) is 12.2 Å². The van der Waals surface area contributed by atoms with E-state index in [1.807, 2.05) is 26.0 Å². The van der Waals surface area contributed by atoms with Crippen molar-refractivity contribution in [2.75, 3.05) is 12.8 Å². The molecule has 0 spiro atoms. The lowest BCUT2D eigenvalue weighted by Crippen LogP contribution is -2.00. The maximum atomic E-state index is 11.7. The third-order valence-electron chi connectivity index (χ3n) is 1.74. The van der Waals surface area contributed by atoms with E-state index in [4.69, 9.17) is 4.52 Å². The number of rotatable bonds is 2. The third-order valence-corrected chi connectivity index (χ3v) is 4.57. The molecule has 2 nitrogen and oxygen atoms in total. The predicted molar refractivity (Wildman–Crippen MR) is 42.7 cm³/mol. The Bertz CT molecular complexity index is 186. The second kappa shape index (κ2) is 2.89. The molecule has 0 aromatic heterocycles. The molecule has 2 atom stereocenters. The molecule has 0 N–H and O–H groups in total. The summed E-state index contributed by atoms with van der Waals surface area (Å²) < 4.78 is 16.9. The Balaban J connectivity index is 2.62. The second-order valence-corrected chi connectivity index (χ2v) is 5.39. The van der Waals surface area contributed by atoms with Crippen molar-refractivity contribution in [1.29, 1.82) is 0 Å². The van der Waals surface area contributed by atoms with E-state index in [0.29, 0.717) is 12.8 Å². The Hall–Kier alpha value is -0.0700. The van der Waals surface area contributed by atoms with Gasteiger partial charge in [-0.1, -0.05) is 12.2 Å². The molecule has 0 aromatic rings. The van der Waals surface area contributed by atoms with E-state index in [1.165, 1.54) is 0 Å². The van der Waals surface area contributed by atoms with Crippen LogP contribution in [0.15, 0.2) is 12.2 Å². The van der Waals surface area contributed by atoms with Gasteiger partial charge in [0.1, 0.15) is 0 Å². The molecule has 0 radical (unpaired) electrons. The summed E-state index contributed by atoms with van der Waals surface area (Å²) in [6.07, 6.45) is 4.54. The Labute approximate surface area is 61.7 Å². The molecule has 0 saturated heterocycles. The summed E-state index contributed by atoms with van der Waals surface area (Å²) in [6, 6.07) is 0. The molecular weight excluding hydrogens is 147 g/mol. The van der Waals surface area contributed by atoms with Gasteiger partial charge in [0.15, 0.2) is 0 Å². The van der Waals surface area contributed by atoms with Crippen molar-refractivity contribution in [3.8, 4) is 0 Å². The van der Waals surface area contributed by atoms with Gasteiger partial charge in [-0.2, -0.15) is 0 Å². The molecular formula is C7H13O2P. The number of hydrogen-bond acceptors (Lipinski definition) is 2. The fourth-order valence-corrected chi connectivity index (χ4v) is 3.00. The quantitative estimate of drug-likeness (QED) is 0.457. The highest BCUT2D eigenvalue weighted by Crippen LogP contribution is 2.55. The first-order chi connectivity index (χ1) is 4.69. The molecule has 0 aromatic carbocycles. The van der Waals surface area contributed by atoms with Gasteiger partial charge in [0.25, 0.3) is 0 Å². The van der Waals surface area contributed by atoms with Crippen LogP contribution < -0.4 is 0 Å². The fraction of sp³-hybridized carbons (Fsp3) is 0.714. The van der Waals surface area contributed by atoms with Crippen LogP contribution in [0.3, 0.4) is 0 Å². The normalized spacial score (nSPS) is 38.8. The maximum Gasteiger partial charge on any atom is 0.213 e. The van der Waals surface area contributed by atoms with E-state index in [9.17, 15) is 4.57 Å². The fourth-order valence-electron chi connectivity index (χ4n) is 1.09. The summed E-state index contributed by atoms with van der Waals surface area (Å²) in [5, 5.41) is 0. The number of allylic oxidation sites excluding steroid dienone is 2. The van der Waals surface area contributed by atoms with Crippen LogP contribution in [0.2, 0.25) is 0 Å². The van der Waals surface area contributed by atoms with Crippen LogP contribution in [0, 0.1) is 0 Å². The van der Waals surface area contributed by atoms with Gasteiger partial charge in [-0.3, -0.25) is 4.57 Å². The van der Waals surface area contributed by atoms with E-state index >= 15 is 0 Å². The van der Waals surface area contributed by atoms with Crippen LogP contribution in [0.1, 0.15) is 13.8 Å². The minimum Gasteiger partial charge on any atom is -0.328 e. The van der Waals surface area contributed by atoms with Crippen LogP contribution in [-0.2, 0) is 9.09 Å². The first kappa shape index (κ1) is 8.03. The molecule has 1 aliphatic heterocycles. The first-order valence-corrected chi connectivity index (χ1v) is 5.47. The Morgan fingerprint density at radius 3 is 2.90 bits per heavy atom. The monoisotopic (exact) mass is 160 g/mol. The zero-order chi connectivity index (χ0) is 7.61. The van der Waals surface area contributed by atoms with E-state index in [2.05, 4.69) is 0 Å². The van der Waals surface area contributed by atoms with Crippen LogP contribution >= 0.6 is 7.37 Å². The molecule has 0 aliphatic carbocycles. The summed E-state index contributed by atoms with van der Waals surface area (Å²) in [5.74, 6) is 0. The average molecular weight is 160 g/mol. The first-order valence-electron chi connectivity index (χ1n) is 3.59. The van der Waals surface area contributed by atoms with E-state index < -0.39 is 7.37 Å². The molecule has 0 bridgehead atoms. The van der Waals surface area contributed by atoms with Gasteiger partial charge in [-0.25, -0.2) is 0 Å². The minimum atomic E-state index is -2.27. The zero-order valence-electron chi connectivity index (χ0n) is 6.41. The lowest BCUT2D eigenvalue weighted by molar-refractivity contribution is 0.333. The molecule has 10 heavy (non-hydrogen) atoms. The summed E-state index contributed by atoms with van der Waals surface area (Å²) in [6.45, 7) is 4.38. The highest BCUT2D eigenvalue weighted by Gasteiger charge is 2.30. The molecule has 1 aliphatic rings. The van der Waals surface area contributed by atoms with Gasteiger partial charge < -0.3 is 4.52 Å². The molecule has 2 unspecified atom stereocenters. The van der Waals surface area contributed by atoms with Crippen LogP contribution in [0.4, 0.5) is 0 Å². The molecule has 0 saturated carbocycles. The SMILES string of the molecule is CCOP1(=O)CC=CC1C. The highest BCUT2D eigenvalue weighted by atomic mass is 31.2. The van der Waals surface area contributed by atoms with Gasteiger partial charge >= 0.3 is 0 Å². The highest BCUT2D eigenvalue weighted by molar-refractivity contribution is 7.60. The standard InChI is InChI=1S/C7H13O2P/c1-3-9-10(8)6-4-5-7(10)2/h4-5,7H,3,6H2,1-2H3. The summed E-state index contributed by atoms with van der Waals surface area (Å²) >= 11 is 0. The average Bonchev–Trinajstić information content (AvgIpc) is 2.15. The number of hydrogen-bond donors (Lipinski definition) is 0. The molecule has 1 rings (SSSR count). The van der Waals surface area contributed by atoms with Gasteiger partial charge in [0, 0.05) is 6.16 Å². The van der Waals surface area contributed by atoms with Gasteiger partial charge in [0.2, 0.25) is 7.37 Å². The van der Waals surface area contributed by atoms with E-state index in [1.54, 1.807) is 0 Å². The maximum absolute atomic E-state index is 11.7. The zero-order valence-corrected chi connectivity index (χ0v) is 7.30. The van der Waals surface area contributed by atoms with Crippen molar-refractivity contribution < 1.29 is 9.09 Å². The second-order valence-electron chi connectivity index (χ2n) is 2.50. The van der Waals surface area contributed by atoms with E-state index in [-0.39, 0.29) is 5.66 Å². The largest absolute Gasteiger partial charge is 0.328 e. The van der Waals surface area contributed by atoms with Crippen molar-refractivity contribution in [2.45, 2.75) is 19.5 Å². The predicted octanol–water partition coefficient (Wildman–Crippen LogP) is 2.26. The minimum absolute atomic E-state index is 0.132. The summed E-state index contributed by atoms with van der Waals surface area (Å²) in [7, 11) is -2.27. The Morgan fingerprint density at radius 2 is 2.50 bits per heavy atom. The molecule has 3 heteroatoms. The molecule has 0 amide bonds. The third kappa shape index (κ3) is 1.33. The van der Waals surface area contributed by atoms with Crippen LogP contribution in [0.5, 0.6) is 0 Å². The Kier molecular flexibility index (Phi) is 2.32. The lowest BCUT2D eigenvalue weighted by Gasteiger charge is -2.15. The summed E-state index contributed by atoms with van der Waals surface area (Å²) in [5.41, 5.74) is 0.132. The van der Waals surface area contributed by atoms with Gasteiger partial charge in [-0.15, -0.1) is 0 Å². The van der Waals surface area contributed by atoms with Crippen molar-refractivity contribution in [2.24, 2.45) is 0 Å². The smallest absolute Gasteiger partial charge is 0.213 e. The van der Waals surface area contributed by atoms with Crippen molar-refractivity contribution in [1.82, 2.24) is 0 Å².